The average molecular weight is 270 g/mol. The van der Waals surface area contributed by atoms with Gasteiger partial charge in [-0.2, -0.15) is 0 Å². The molecule has 0 aliphatic carbocycles. The van der Waals surface area contributed by atoms with Crippen LogP contribution in [0.1, 0.15) is 18.9 Å². The lowest BCUT2D eigenvalue weighted by Crippen LogP contribution is -2.16. The highest BCUT2D eigenvalue weighted by molar-refractivity contribution is 7.99. The Bertz CT molecular complexity index is 356. The molecule has 0 spiro atoms. The third-order valence-corrected chi connectivity index (χ3v) is 3.66. The van der Waals surface area contributed by atoms with Crippen molar-refractivity contribution in [1.82, 2.24) is 10.2 Å². The number of nitrogens with one attached hydrogen (secondary N) is 1. The summed E-state index contributed by atoms with van der Waals surface area (Å²) in [6.45, 7) is 4.88. The molecule has 102 valence electrons. The van der Waals surface area contributed by atoms with E-state index < -0.39 is 0 Å². The number of hydrogen-bond donors (Lipinski definition) is 1. The van der Waals surface area contributed by atoms with Gasteiger partial charge >= 0.3 is 0 Å². The van der Waals surface area contributed by atoms with Crippen LogP contribution in [-0.4, -0.2) is 37.8 Å². The van der Waals surface area contributed by atoms with E-state index in [1.807, 2.05) is 6.07 Å². The van der Waals surface area contributed by atoms with Crippen LogP contribution < -0.4 is 5.32 Å². The Balaban J connectivity index is 2.58. The van der Waals surface area contributed by atoms with Gasteiger partial charge in [-0.15, -0.1) is 11.8 Å². The summed E-state index contributed by atoms with van der Waals surface area (Å²) in [6, 6.07) is 5.07. The number of hydrogen-bond acceptors (Lipinski definition) is 3. The third-order valence-electron chi connectivity index (χ3n) is 2.56. The molecule has 4 heteroatoms. The summed E-state index contributed by atoms with van der Waals surface area (Å²) < 4.78 is 13.3. The Kier molecular flexibility index (Phi) is 7.32. The van der Waals surface area contributed by atoms with Crippen LogP contribution in [0.4, 0.5) is 4.39 Å². The van der Waals surface area contributed by atoms with Crippen LogP contribution in [0.5, 0.6) is 0 Å². The summed E-state index contributed by atoms with van der Waals surface area (Å²) >= 11 is 1.79. The fourth-order valence-electron chi connectivity index (χ4n) is 1.56. The number of nitrogens with zero attached hydrogens (tertiary/aromatic N) is 1. The fraction of sp³-hybridized carbons (Fsp3) is 0.571. The van der Waals surface area contributed by atoms with Gasteiger partial charge in [-0.1, -0.05) is 6.92 Å². The van der Waals surface area contributed by atoms with Gasteiger partial charge in [0.15, 0.2) is 0 Å². The first kappa shape index (κ1) is 15.5. The minimum Gasteiger partial charge on any atom is -0.313 e. The number of benzene rings is 1. The first-order valence-corrected chi connectivity index (χ1v) is 7.38. The Labute approximate surface area is 114 Å². The SMILES string of the molecule is CCCNCc1cc(F)ccc1SCCN(C)C. The van der Waals surface area contributed by atoms with Crippen LogP contribution >= 0.6 is 11.8 Å². The second-order valence-corrected chi connectivity index (χ2v) is 5.72. The van der Waals surface area contributed by atoms with E-state index in [1.54, 1.807) is 23.9 Å². The lowest BCUT2D eigenvalue weighted by Gasteiger charge is -2.12. The van der Waals surface area contributed by atoms with Crippen molar-refractivity contribution in [2.75, 3.05) is 32.9 Å². The van der Waals surface area contributed by atoms with Gasteiger partial charge in [0.25, 0.3) is 0 Å². The van der Waals surface area contributed by atoms with E-state index in [-0.39, 0.29) is 5.82 Å². The molecule has 1 aromatic rings. The molecule has 0 bridgehead atoms. The van der Waals surface area contributed by atoms with Crippen LogP contribution in [0.25, 0.3) is 0 Å². The molecule has 0 aliphatic heterocycles. The van der Waals surface area contributed by atoms with Crippen LogP contribution in [-0.2, 0) is 6.54 Å². The van der Waals surface area contributed by atoms with E-state index in [1.165, 1.54) is 4.90 Å². The van der Waals surface area contributed by atoms with E-state index in [9.17, 15) is 4.39 Å². The van der Waals surface area contributed by atoms with Gasteiger partial charge in [0, 0.05) is 23.7 Å². The highest BCUT2D eigenvalue weighted by Gasteiger charge is 2.05. The van der Waals surface area contributed by atoms with Crippen molar-refractivity contribution in [2.45, 2.75) is 24.8 Å². The van der Waals surface area contributed by atoms with E-state index in [2.05, 4.69) is 31.2 Å². The van der Waals surface area contributed by atoms with Gasteiger partial charge in [0.2, 0.25) is 0 Å². The van der Waals surface area contributed by atoms with Crippen LogP contribution in [0.15, 0.2) is 23.1 Å². The molecular weight excluding hydrogens is 247 g/mol. The van der Waals surface area contributed by atoms with Crippen molar-refractivity contribution in [3.8, 4) is 0 Å². The van der Waals surface area contributed by atoms with E-state index in [0.29, 0.717) is 0 Å². The van der Waals surface area contributed by atoms with Crippen molar-refractivity contribution in [1.29, 1.82) is 0 Å². The maximum absolute atomic E-state index is 13.3. The third kappa shape index (κ3) is 5.85. The lowest BCUT2D eigenvalue weighted by molar-refractivity contribution is 0.437. The zero-order chi connectivity index (χ0) is 13.4. The normalized spacial score (nSPS) is 11.2. The highest BCUT2D eigenvalue weighted by atomic mass is 32.2. The molecule has 0 amide bonds. The first-order chi connectivity index (χ1) is 8.63. The molecule has 18 heavy (non-hydrogen) atoms. The van der Waals surface area contributed by atoms with Crippen molar-refractivity contribution < 1.29 is 4.39 Å². The fourth-order valence-corrected chi connectivity index (χ4v) is 2.72. The summed E-state index contributed by atoms with van der Waals surface area (Å²) in [4.78, 5) is 3.34. The van der Waals surface area contributed by atoms with E-state index in [4.69, 9.17) is 0 Å². The van der Waals surface area contributed by atoms with Crippen LogP contribution in [0.3, 0.4) is 0 Å². The van der Waals surface area contributed by atoms with Crippen molar-refractivity contribution in [3.05, 3.63) is 29.6 Å². The van der Waals surface area contributed by atoms with Crippen molar-refractivity contribution >= 4 is 11.8 Å². The zero-order valence-electron chi connectivity index (χ0n) is 11.5. The van der Waals surface area contributed by atoms with Gasteiger partial charge < -0.3 is 10.2 Å². The topological polar surface area (TPSA) is 15.3 Å². The van der Waals surface area contributed by atoms with Gasteiger partial charge in [-0.25, -0.2) is 4.39 Å². The molecule has 0 saturated carbocycles. The minimum atomic E-state index is -0.153. The van der Waals surface area contributed by atoms with Crippen LogP contribution in [0.2, 0.25) is 0 Å². The molecule has 1 aromatic carbocycles. The van der Waals surface area contributed by atoms with Crippen molar-refractivity contribution in [2.24, 2.45) is 0 Å². The summed E-state index contributed by atoms with van der Waals surface area (Å²) in [5.41, 5.74) is 1.06. The Morgan fingerprint density at radius 3 is 2.78 bits per heavy atom. The molecule has 0 fully saturated rings. The number of thioether (sulfide) groups is 1. The summed E-state index contributed by atoms with van der Waals surface area (Å²) in [5.74, 6) is 0.875. The maximum Gasteiger partial charge on any atom is 0.123 e. The predicted molar refractivity (Wildman–Crippen MR) is 77.7 cm³/mol. The molecule has 0 aromatic heterocycles. The number of rotatable bonds is 8. The molecule has 0 atom stereocenters. The van der Waals surface area contributed by atoms with E-state index >= 15 is 0 Å². The second kappa shape index (κ2) is 8.51. The smallest absolute Gasteiger partial charge is 0.123 e. The lowest BCUT2D eigenvalue weighted by atomic mass is 10.2. The molecular formula is C14H23FN2S. The minimum absolute atomic E-state index is 0.153. The monoisotopic (exact) mass is 270 g/mol. The molecule has 0 unspecified atom stereocenters. The maximum atomic E-state index is 13.3. The standard InChI is InChI=1S/C14H23FN2S/c1-4-7-16-11-12-10-13(15)5-6-14(12)18-9-8-17(2)3/h5-6,10,16H,4,7-9,11H2,1-3H3. The molecule has 1 rings (SSSR count). The first-order valence-electron chi connectivity index (χ1n) is 6.40. The summed E-state index contributed by atoms with van der Waals surface area (Å²) in [7, 11) is 4.13. The average Bonchev–Trinajstić information content (AvgIpc) is 2.32. The van der Waals surface area contributed by atoms with E-state index in [0.717, 1.165) is 37.4 Å². The molecule has 0 saturated heterocycles. The summed E-state index contributed by atoms with van der Waals surface area (Å²) in [6.07, 6.45) is 1.10. The molecule has 2 nitrogen and oxygen atoms in total. The molecule has 1 N–H and O–H groups in total. The quantitative estimate of drug-likeness (QED) is 0.577. The largest absolute Gasteiger partial charge is 0.313 e. The predicted octanol–water partition coefficient (Wildman–Crippen LogP) is 2.98. The molecule has 0 aliphatic rings. The second-order valence-electron chi connectivity index (χ2n) is 4.58. The zero-order valence-corrected chi connectivity index (χ0v) is 12.3. The Hall–Kier alpha value is -0.580. The molecule has 0 heterocycles. The van der Waals surface area contributed by atoms with Gasteiger partial charge in [0.05, 0.1) is 0 Å². The van der Waals surface area contributed by atoms with Gasteiger partial charge in [-0.3, -0.25) is 0 Å². The van der Waals surface area contributed by atoms with Gasteiger partial charge in [0.1, 0.15) is 5.82 Å². The highest BCUT2D eigenvalue weighted by Crippen LogP contribution is 2.23. The number of halogens is 1. The van der Waals surface area contributed by atoms with Crippen molar-refractivity contribution in [3.63, 3.8) is 0 Å². The van der Waals surface area contributed by atoms with Crippen LogP contribution in [0, 0.1) is 5.82 Å². The molecule has 0 radical (unpaired) electrons. The summed E-state index contributed by atoms with van der Waals surface area (Å²) in [5, 5.41) is 3.33. The van der Waals surface area contributed by atoms with Gasteiger partial charge in [-0.05, 0) is 50.8 Å². The Morgan fingerprint density at radius 2 is 2.11 bits per heavy atom. The Morgan fingerprint density at radius 1 is 1.33 bits per heavy atom.